The third kappa shape index (κ3) is 3.04. The molecule has 0 saturated heterocycles. The first-order chi connectivity index (χ1) is 9.67. The summed E-state index contributed by atoms with van der Waals surface area (Å²) in [6, 6.07) is 5.23. The highest BCUT2D eigenvalue weighted by atomic mass is 19.1. The maximum atomic E-state index is 14.0. The van der Waals surface area contributed by atoms with E-state index in [1.54, 1.807) is 6.20 Å². The van der Waals surface area contributed by atoms with Crippen LogP contribution in [0.15, 0.2) is 30.5 Å². The molecule has 1 heterocycles. The summed E-state index contributed by atoms with van der Waals surface area (Å²) in [5.74, 6) is -1.10. The standard InChI is InChI=1S/C15H19F2N3/c1-3-8-18-15(14-7-9-19-20(14)4-2)12-6-5-11(16)10-13(12)17/h5-7,9-10,15,18H,3-4,8H2,1-2H3. The van der Waals surface area contributed by atoms with E-state index in [0.29, 0.717) is 12.1 Å². The molecule has 0 fully saturated rings. The van der Waals surface area contributed by atoms with Crippen LogP contribution < -0.4 is 5.32 Å². The molecule has 2 rings (SSSR count). The van der Waals surface area contributed by atoms with Gasteiger partial charge >= 0.3 is 0 Å². The van der Waals surface area contributed by atoms with Crippen LogP contribution in [0.5, 0.6) is 0 Å². The van der Waals surface area contributed by atoms with Gasteiger partial charge in [-0.2, -0.15) is 5.10 Å². The van der Waals surface area contributed by atoms with Gasteiger partial charge in [0, 0.05) is 24.4 Å². The second kappa shape index (κ2) is 6.61. The molecule has 5 heteroatoms. The van der Waals surface area contributed by atoms with E-state index >= 15 is 0 Å². The van der Waals surface area contributed by atoms with Crippen molar-refractivity contribution >= 4 is 0 Å². The molecule has 1 unspecified atom stereocenters. The van der Waals surface area contributed by atoms with Gasteiger partial charge in [0.05, 0.1) is 11.7 Å². The molecule has 0 spiro atoms. The van der Waals surface area contributed by atoms with Crippen molar-refractivity contribution in [1.29, 1.82) is 0 Å². The predicted octanol–water partition coefficient (Wildman–Crippen LogP) is 3.27. The monoisotopic (exact) mass is 279 g/mol. The predicted molar refractivity (Wildman–Crippen MR) is 74.4 cm³/mol. The van der Waals surface area contributed by atoms with Gasteiger partial charge in [0.15, 0.2) is 0 Å². The molecule has 1 N–H and O–H groups in total. The lowest BCUT2D eigenvalue weighted by molar-refractivity contribution is 0.500. The Labute approximate surface area is 117 Å². The van der Waals surface area contributed by atoms with Gasteiger partial charge in [-0.25, -0.2) is 8.78 Å². The van der Waals surface area contributed by atoms with Crippen molar-refractivity contribution in [1.82, 2.24) is 15.1 Å². The number of aryl methyl sites for hydroxylation is 1. The first-order valence-corrected chi connectivity index (χ1v) is 6.87. The quantitative estimate of drug-likeness (QED) is 0.879. The van der Waals surface area contributed by atoms with Crippen molar-refractivity contribution in [3.63, 3.8) is 0 Å². The minimum absolute atomic E-state index is 0.321. The molecule has 1 atom stereocenters. The second-order valence-electron chi connectivity index (χ2n) is 4.62. The van der Waals surface area contributed by atoms with Crippen molar-refractivity contribution in [3.05, 3.63) is 53.4 Å². The van der Waals surface area contributed by atoms with E-state index in [1.807, 2.05) is 24.6 Å². The van der Waals surface area contributed by atoms with Crippen LogP contribution in [-0.4, -0.2) is 16.3 Å². The molecule has 3 nitrogen and oxygen atoms in total. The fourth-order valence-corrected chi connectivity index (χ4v) is 2.25. The van der Waals surface area contributed by atoms with Gasteiger partial charge in [0.25, 0.3) is 0 Å². The number of nitrogens with one attached hydrogen (secondary N) is 1. The van der Waals surface area contributed by atoms with E-state index in [-0.39, 0.29) is 6.04 Å². The Morgan fingerprint density at radius 2 is 2.05 bits per heavy atom. The molecule has 1 aromatic carbocycles. The van der Waals surface area contributed by atoms with Gasteiger partial charge in [-0.15, -0.1) is 0 Å². The molecule has 2 aromatic rings. The van der Waals surface area contributed by atoms with Gasteiger partial charge in [0.1, 0.15) is 11.6 Å². The highest BCUT2D eigenvalue weighted by molar-refractivity contribution is 5.29. The van der Waals surface area contributed by atoms with E-state index in [2.05, 4.69) is 10.4 Å². The third-order valence-corrected chi connectivity index (χ3v) is 3.22. The molecular weight excluding hydrogens is 260 g/mol. The summed E-state index contributed by atoms with van der Waals surface area (Å²) >= 11 is 0. The van der Waals surface area contributed by atoms with Gasteiger partial charge in [-0.05, 0) is 32.0 Å². The third-order valence-electron chi connectivity index (χ3n) is 3.22. The second-order valence-corrected chi connectivity index (χ2v) is 4.62. The summed E-state index contributed by atoms with van der Waals surface area (Å²) in [4.78, 5) is 0. The van der Waals surface area contributed by atoms with E-state index in [0.717, 1.165) is 24.7 Å². The van der Waals surface area contributed by atoms with Crippen LogP contribution in [0, 0.1) is 11.6 Å². The van der Waals surface area contributed by atoms with Gasteiger partial charge < -0.3 is 5.32 Å². The van der Waals surface area contributed by atoms with Crippen LogP contribution in [0.2, 0.25) is 0 Å². The van der Waals surface area contributed by atoms with Crippen LogP contribution in [-0.2, 0) is 6.54 Å². The number of aromatic nitrogens is 2. The largest absolute Gasteiger partial charge is 0.305 e. The summed E-state index contributed by atoms with van der Waals surface area (Å²) in [5.41, 5.74) is 1.32. The topological polar surface area (TPSA) is 29.9 Å². The SMILES string of the molecule is CCCNC(c1ccc(F)cc1F)c1ccnn1CC. The zero-order chi connectivity index (χ0) is 14.5. The smallest absolute Gasteiger partial charge is 0.131 e. The molecular formula is C15H19F2N3. The van der Waals surface area contributed by atoms with Crippen LogP contribution >= 0.6 is 0 Å². The van der Waals surface area contributed by atoms with Gasteiger partial charge in [-0.1, -0.05) is 13.0 Å². The Morgan fingerprint density at radius 1 is 1.25 bits per heavy atom. The Hall–Kier alpha value is -1.75. The normalized spacial score (nSPS) is 12.6. The van der Waals surface area contributed by atoms with Crippen molar-refractivity contribution in [3.8, 4) is 0 Å². The van der Waals surface area contributed by atoms with E-state index in [9.17, 15) is 8.78 Å². The Balaban J connectivity index is 2.41. The van der Waals surface area contributed by atoms with E-state index < -0.39 is 11.6 Å². The minimum atomic E-state index is -0.565. The van der Waals surface area contributed by atoms with Crippen LogP contribution in [0.3, 0.4) is 0 Å². The Morgan fingerprint density at radius 3 is 2.70 bits per heavy atom. The molecule has 0 amide bonds. The average Bonchev–Trinajstić information content (AvgIpc) is 2.89. The zero-order valence-corrected chi connectivity index (χ0v) is 11.7. The summed E-state index contributed by atoms with van der Waals surface area (Å²) < 4.78 is 28.9. The number of halogens is 2. The molecule has 0 aliphatic carbocycles. The molecule has 1 aromatic heterocycles. The number of rotatable bonds is 6. The summed E-state index contributed by atoms with van der Waals surface area (Å²) in [5, 5.41) is 7.52. The van der Waals surface area contributed by atoms with Crippen LogP contribution in [0.25, 0.3) is 0 Å². The molecule has 20 heavy (non-hydrogen) atoms. The van der Waals surface area contributed by atoms with Crippen molar-refractivity contribution in [2.45, 2.75) is 32.9 Å². The molecule has 0 bridgehead atoms. The van der Waals surface area contributed by atoms with Gasteiger partial charge in [0.2, 0.25) is 0 Å². The number of benzene rings is 1. The number of hydrogen-bond acceptors (Lipinski definition) is 2. The van der Waals surface area contributed by atoms with Crippen molar-refractivity contribution < 1.29 is 8.78 Å². The maximum absolute atomic E-state index is 14.0. The zero-order valence-electron chi connectivity index (χ0n) is 11.7. The lowest BCUT2D eigenvalue weighted by atomic mass is 10.0. The summed E-state index contributed by atoms with van der Waals surface area (Å²) in [6.07, 6.45) is 2.63. The lowest BCUT2D eigenvalue weighted by Gasteiger charge is -2.20. The van der Waals surface area contributed by atoms with Gasteiger partial charge in [-0.3, -0.25) is 4.68 Å². The van der Waals surface area contributed by atoms with E-state index in [4.69, 9.17) is 0 Å². The molecule has 0 saturated carbocycles. The first kappa shape index (κ1) is 14.7. The lowest BCUT2D eigenvalue weighted by Crippen LogP contribution is -2.26. The van der Waals surface area contributed by atoms with Crippen molar-refractivity contribution in [2.24, 2.45) is 0 Å². The van der Waals surface area contributed by atoms with Crippen molar-refractivity contribution in [2.75, 3.05) is 6.54 Å². The molecule has 0 aliphatic heterocycles. The molecule has 108 valence electrons. The average molecular weight is 279 g/mol. The Kier molecular flexibility index (Phi) is 4.84. The highest BCUT2D eigenvalue weighted by Crippen LogP contribution is 2.25. The van der Waals surface area contributed by atoms with Crippen LogP contribution in [0.4, 0.5) is 8.78 Å². The molecule has 0 aliphatic rings. The number of hydrogen-bond donors (Lipinski definition) is 1. The summed E-state index contributed by atoms with van der Waals surface area (Å²) in [6.45, 7) is 5.47. The van der Waals surface area contributed by atoms with Crippen LogP contribution in [0.1, 0.15) is 37.6 Å². The first-order valence-electron chi connectivity index (χ1n) is 6.87. The minimum Gasteiger partial charge on any atom is -0.305 e. The maximum Gasteiger partial charge on any atom is 0.131 e. The highest BCUT2D eigenvalue weighted by Gasteiger charge is 2.20. The fourth-order valence-electron chi connectivity index (χ4n) is 2.25. The Bertz CT molecular complexity index is 566. The summed E-state index contributed by atoms with van der Waals surface area (Å²) in [7, 11) is 0. The molecule has 0 radical (unpaired) electrons. The fraction of sp³-hybridized carbons (Fsp3) is 0.400. The van der Waals surface area contributed by atoms with E-state index in [1.165, 1.54) is 12.1 Å². The number of nitrogens with zero attached hydrogens (tertiary/aromatic N) is 2.